The summed E-state index contributed by atoms with van der Waals surface area (Å²) in [6, 6.07) is 15.8. The summed E-state index contributed by atoms with van der Waals surface area (Å²) >= 11 is 0. The molecule has 0 spiro atoms. The second-order valence-electron chi connectivity index (χ2n) is 5.58. The zero-order valence-corrected chi connectivity index (χ0v) is 15.6. The fraction of sp³-hybridized carbons (Fsp3) is 0.182. The van der Waals surface area contributed by atoms with Crippen molar-refractivity contribution in [2.45, 2.75) is 13.8 Å². The number of hydrogen-bond acceptors (Lipinski definition) is 6. The minimum Gasteiger partial charge on any atom is -0.462 e. The number of rotatable bonds is 8. The lowest BCUT2D eigenvalue weighted by Crippen LogP contribution is -2.27. The van der Waals surface area contributed by atoms with Gasteiger partial charge in [-0.25, -0.2) is 9.59 Å². The van der Waals surface area contributed by atoms with Gasteiger partial charge < -0.3 is 9.47 Å². The predicted molar refractivity (Wildman–Crippen MR) is 102 cm³/mol. The van der Waals surface area contributed by atoms with Crippen LogP contribution in [0, 0.1) is 0 Å². The van der Waals surface area contributed by atoms with Crippen molar-refractivity contribution in [3.05, 3.63) is 82.9 Å². The van der Waals surface area contributed by atoms with Crippen LogP contribution in [-0.4, -0.2) is 36.7 Å². The SMILES string of the molecule is CCOC(=O)/C(C(=O)c1ccccc1)=C(/C(=O)OCC)C(=O)c1ccccc1. The van der Waals surface area contributed by atoms with Crippen LogP contribution in [0.25, 0.3) is 0 Å². The van der Waals surface area contributed by atoms with Gasteiger partial charge in [-0.05, 0) is 13.8 Å². The molecule has 0 radical (unpaired) electrons. The summed E-state index contributed by atoms with van der Waals surface area (Å²) < 4.78 is 9.93. The van der Waals surface area contributed by atoms with Gasteiger partial charge in [0, 0.05) is 11.1 Å². The van der Waals surface area contributed by atoms with Crippen molar-refractivity contribution < 1.29 is 28.7 Å². The van der Waals surface area contributed by atoms with Crippen molar-refractivity contribution in [2.24, 2.45) is 0 Å². The average Bonchev–Trinajstić information content (AvgIpc) is 2.72. The maximum absolute atomic E-state index is 13.0. The summed E-state index contributed by atoms with van der Waals surface area (Å²) in [5.41, 5.74) is -0.984. The number of carbonyl (C=O) groups is 4. The zero-order chi connectivity index (χ0) is 20.5. The molecular formula is C22H20O6. The molecule has 0 heterocycles. The van der Waals surface area contributed by atoms with E-state index in [2.05, 4.69) is 0 Å². The molecule has 0 aliphatic rings. The summed E-state index contributed by atoms with van der Waals surface area (Å²) in [5.74, 6) is -3.68. The minimum absolute atomic E-state index is 0.0277. The first-order valence-corrected chi connectivity index (χ1v) is 8.79. The van der Waals surface area contributed by atoms with Gasteiger partial charge in [0.15, 0.2) is 0 Å². The molecule has 6 nitrogen and oxygen atoms in total. The van der Waals surface area contributed by atoms with E-state index in [4.69, 9.17) is 9.47 Å². The molecule has 144 valence electrons. The third-order valence-corrected chi connectivity index (χ3v) is 3.74. The molecule has 0 fully saturated rings. The van der Waals surface area contributed by atoms with Gasteiger partial charge in [-0.3, -0.25) is 9.59 Å². The molecule has 0 saturated carbocycles. The Bertz CT molecular complexity index is 822. The van der Waals surface area contributed by atoms with Crippen LogP contribution in [0.4, 0.5) is 0 Å². The van der Waals surface area contributed by atoms with Gasteiger partial charge in [-0.1, -0.05) is 60.7 Å². The molecule has 0 N–H and O–H groups in total. The maximum Gasteiger partial charge on any atom is 0.343 e. The molecule has 0 aliphatic heterocycles. The molecule has 0 aromatic heterocycles. The Labute approximate surface area is 162 Å². The first-order valence-electron chi connectivity index (χ1n) is 8.79. The first kappa shape index (κ1) is 20.8. The minimum atomic E-state index is -1.05. The Kier molecular flexibility index (Phi) is 7.39. The largest absolute Gasteiger partial charge is 0.462 e. The highest BCUT2D eigenvalue weighted by Gasteiger charge is 2.34. The summed E-state index contributed by atoms with van der Waals surface area (Å²) in [4.78, 5) is 51.2. The molecule has 0 unspecified atom stereocenters. The monoisotopic (exact) mass is 380 g/mol. The van der Waals surface area contributed by atoms with Crippen molar-refractivity contribution in [1.82, 2.24) is 0 Å². The number of hydrogen-bond donors (Lipinski definition) is 0. The predicted octanol–water partition coefficient (Wildman–Crippen LogP) is 3.18. The highest BCUT2D eigenvalue weighted by Crippen LogP contribution is 2.20. The molecule has 0 aliphatic carbocycles. The van der Waals surface area contributed by atoms with Crippen LogP contribution in [0.5, 0.6) is 0 Å². The van der Waals surface area contributed by atoms with Crippen LogP contribution < -0.4 is 0 Å². The smallest absolute Gasteiger partial charge is 0.343 e. The van der Waals surface area contributed by atoms with Crippen LogP contribution in [0.2, 0.25) is 0 Å². The Morgan fingerprint density at radius 2 is 0.929 bits per heavy atom. The van der Waals surface area contributed by atoms with E-state index in [0.717, 1.165) is 0 Å². The Balaban J connectivity index is 2.72. The second-order valence-corrected chi connectivity index (χ2v) is 5.58. The third-order valence-electron chi connectivity index (χ3n) is 3.74. The maximum atomic E-state index is 13.0. The van der Waals surface area contributed by atoms with Gasteiger partial charge in [0.05, 0.1) is 13.2 Å². The van der Waals surface area contributed by atoms with Crippen molar-refractivity contribution in [1.29, 1.82) is 0 Å². The number of benzene rings is 2. The van der Waals surface area contributed by atoms with Crippen molar-refractivity contribution in [3.63, 3.8) is 0 Å². The molecular weight excluding hydrogens is 360 g/mol. The molecule has 0 atom stereocenters. The van der Waals surface area contributed by atoms with E-state index < -0.39 is 34.7 Å². The van der Waals surface area contributed by atoms with Crippen LogP contribution in [0.1, 0.15) is 34.6 Å². The zero-order valence-electron chi connectivity index (χ0n) is 15.6. The van der Waals surface area contributed by atoms with E-state index in [-0.39, 0.29) is 24.3 Å². The van der Waals surface area contributed by atoms with Crippen molar-refractivity contribution in [2.75, 3.05) is 13.2 Å². The molecule has 0 saturated heterocycles. The fourth-order valence-corrected chi connectivity index (χ4v) is 2.49. The lowest BCUT2D eigenvalue weighted by molar-refractivity contribution is -0.141. The summed E-state index contributed by atoms with van der Waals surface area (Å²) in [6.07, 6.45) is 0. The average molecular weight is 380 g/mol. The molecule has 0 bridgehead atoms. The summed E-state index contributed by atoms with van der Waals surface area (Å²) in [6.45, 7) is 3.07. The van der Waals surface area contributed by atoms with Gasteiger partial charge in [-0.15, -0.1) is 0 Å². The summed E-state index contributed by atoms with van der Waals surface area (Å²) in [5, 5.41) is 0. The van der Waals surface area contributed by atoms with Crippen LogP contribution in [0.15, 0.2) is 71.8 Å². The van der Waals surface area contributed by atoms with E-state index in [9.17, 15) is 19.2 Å². The number of ether oxygens (including phenoxy) is 2. The highest BCUT2D eigenvalue weighted by molar-refractivity contribution is 6.36. The molecule has 2 aromatic carbocycles. The Morgan fingerprint density at radius 3 is 1.21 bits per heavy atom. The molecule has 0 amide bonds. The van der Waals surface area contributed by atoms with E-state index in [0.29, 0.717) is 0 Å². The lowest BCUT2D eigenvalue weighted by Gasteiger charge is -2.13. The highest BCUT2D eigenvalue weighted by atomic mass is 16.5. The van der Waals surface area contributed by atoms with Gasteiger partial charge >= 0.3 is 11.9 Å². The molecule has 2 rings (SSSR count). The quantitative estimate of drug-likeness (QED) is 0.230. The topological polar surface area (TPSA) is 86.7 Å². The van der Waals surface area contributed by atoms with Crippen LogP contribution >= 0.6 is 0 Å². The van der Waals surface area contributed by atoms with E-state index in [1.165, 1.54) is 24.3 Å². The van der Waals surface area contributed by atoms with Gasteiger partial charge in [-0.2, -0.15) is 0 Å². The number of Topliss-reactive ketones (excluding diaryl/α,β-unsaturated/α-hetero) is 2. The fourth-order valence-electron chi connectivity index (χ4n) is 2.49. The molecule has 6 heteroatoms. The number of esters is 2. The van der Waals surface area contributed by atoms with Gasteiger partial charge in [0.2, 0.25) is 11.6 Å². The number of ketones is 2. The molecule has 28 heavy (non-hydrogen) atoms. The normalized spacial score (nSPS) is 11.2. The van der Waals surface area contributed by atoms with Gasteiger partial charge in [0.1, 0.15) is 11.1 Å². The van der Waals surface area contributed by atoms with Crippen LogP contribution in [-0.2, 0) is 19.1 Å². The Hall–Kier alpha value is -3.54. The third kappa shape index (κ3) is 4.79. The van der Waals surface area contributed by atoms with Crippen LogP contribution in [0.3, 0.4) is 0 Å². The van der Waals surface area contributed by atoms with E-state index in [1.807, 2.05) is 0 Å². The van der Waals surface area contributed by atoms with Crippen molar-refractivity contribution >= 4 is 23.5 Å². The Morgan fingerprint density at radius 1 is 0.607 bits per heavy atom. The van der Waals surface area contributed by atoms with Crippen molar-refractivity contribution in [3.8, 4) is 0 Å². The second kappa shape index (κ2) is 9.97. The number of carbonyl (C=O) groups excluding carboxylic acids is 4. The first-order chi connectivity index (χ1) is 13.5. The van der Waals surface area contributed by atoms with E-state index >= 15 is 0 Å². The van der Waals surface area contributed by atoms with E-state index in [1.54, 1.807) is 50.2 Å². The molecule has 2 aromatic rings. The van der Waals surface area contributed by atoms with Gasteiger partial charge in [0.25, 0.3) is 0 Å². The standard InChI is InChI=1S/C22H20O6/c1-3-27-21(25)17(19(23)15-11-7-5-8-12-15)18(22(26)28-4-2)20(24)16-13-9-6-10-14-16/h5-14H,3-4H2,1-2H3/b18-17+. The summed E-state index contributed by atoms with van der Waals surface area (Å²) in [7, 11) is 0. The lowest BCUT2D eigenvalue weighted by atomic mass is 9.93.